The number of amides is 2. The summed E-state index contributed by atoms with van der Waals surface area (Å²) in [5, 5.41) is 11.1. The molecular formula is C13H11F3N2O3. The molecule has 0 saturated carbocycles. The third kappa shape index (κ3) is 2.89. The molecule has 5 nitrogen and oxygen atoms in total. The minimum atomic E-state index is -3.07. The number of aliphatic hydroxyl groups excluding tert-OH is 1. The molecule has 8 heteroatoms. The quantitative estimate of drug-likeness (QED) is 0.807. The van der Waals surface area contributed by atoms with Crippen molar-refractivity contribution in [2.24, 2.45) is 0 Å². The Bertz CT molecular complexity index is 617. The molecule has 21 heavy (non-hydrogen) atoms. The number of carbonyl (C=O) groups excluding carboxylic acids is 2. The van der Waals surface area contributed by atoms with E-state index in [2.05, 4.69) is 5.32 Å². The van der Waals surface area contributed by atoms with E-state index >= 15 is 0 Å². The van der Waals surface area contributed by atoms with Gasteiger partial charge in [-0.05, 0) is 12.1 Å². The number of benzene rings is 1. The molecule has 0 aromatic heterocycles. The van der Waals surface area contributed by atoms with Crippen molar-refractivity contribution < 1.29 is 27.9 Å². The Hall–Kier alpha value is -2.35. The average Bonchev–Trinajstić information content (AvgIpc) is 2.66. The maximum atomic E-state index is 13.4. The van der Waals surface area contributed by atoms with Gasteiger partial charge >= 0.3 is 0 Å². The monoisotopic (exact) mass is 300 g/mol. The van der Waals surface area contributed by atoms with Crippen LogP contribution in [0.2, 0.25) is 0 Å². The van der Waals surface area contributed by atoms with Gasteiger partial charge in [0.15, 0.2) is 0 Å². The first kappa shape index (κ1) is 15.0. The SMILES string of the molecule is O=C1C=C(Nc2cccc(F)c2C(F)F)C(=O)N1CCO. The van der Waals surface area contributed by atoms with Gasteiger partial charge in [-0.1, -0.05) is 6.07 Å². The highest BCUT2D eigenvalue weighted by atomic mass is 19.3. The number of halogens is 3. The van der Waals surface area contributed by atoms with Crippen LogP contribution in [0.3, 0.4) is 0 Å². The Morgan fingerprint density at radius 1 is 1.29 bits per heavy atom. The lowest BCUT2D eigenvalue weighted by atomic mass is 10.1. The van der Waals surface area contributed by atoms with Crippen molar-refractivity contribution in [2.75, 3.05) is 18.5 Å². The van der Waals surface area contributed by atoms with E-state index in [9.17, 15) is 22.8 Å². The van der Waals surface area contributed by atoms with Gasteiger partial charge in [-0.25, -0.2) is 13.2 Å². The smallest absolute Gasteiger partial charge is 0.277 e. The molecule has 2 N–H and O–H groups in total. The average molecular weight is 300 g/mol. The molecule has 1 aliphatic rings. The Morgan fingerprint density at radius 2 is 2.00 bits per heavy atom. The van der Waals surface area contributed by atoms with Crippen LogP contribution in [-0.2, 0) is 9.59 Å². The summed E-state index contributed by atoms with van der Waals surface area (Å²) >= 11 is 0. The predicted octanol–water partition coefficient (Wildman–Crippen LogP) is 1.42. The number of hydrogen-bond acceptors (Lipinski definition) is 4. The molecule has 0 bridgehead atoms. The van der Waals surface area contributed by atoms with E-state index in [0.29, 0.717) is 0 Å². The van der Waals surface area contributed by atoms with Crippen molar-refractivity contribution in [3.63, 3.8) is 0 Å². The van der Waals surface area contributed by atoms with Gasteiger partial charge in [-0.3, -0.25) is 14.5 Å². The second kappa shape index (κ2) is 5.96. The van der Waals surface area contributed by atoms with E-state index in [4.69, 9.17) is 5.11 Å². The highest BCUT2D eigenvalue weighted by molar-refractivity contribution is 6.17. The van der Waals surface area contributed by atoms with E-state index in [-0.39, 0.29) is 17.9 Å². The Labute approximate surface area is 117 Å². The molecule has 0 atom stereocenters. The molecule has 0 aliphatic carbocycles. The van der Waals surface area contributed by atoms with Crippen molar-refractivity contribution in [1.29, 1.82) is 0 Å². The number of hydrogen-bond donors (Lipinski definition) is 2. The standard InChI is InChI=1S/C13H11F3N2O3/c14-7-2-1-3-8(11(7)12(15)16)17-9-6-10(20)18(4-5-19)13(9)21/h1-3,6,12,17,19H,4-5H2. The number of anilines is 1. The van der Waals surface area contributed by atoms with Gasteiger partial charge in [0.2, 0.25) is 0 Å². The summed E-state index contributed by atoms with van der Waals surface area (Å²) in [6.07, 6.45) is -2.16. The molecule has 1 aliphatic heterocycles. The van der Waals surface area contributed by atoms with Gasteiger partial charge in [0, 0.05) is 6.08 Å². The second-order valence-electron chi connectivity index (χ2n) is 4.20. The number of imide groups is 1. The minimum Gasteiger partial charge on any atom is -0.395 e. The number of nitrogens with zero attached hydrogens (tertiary/aromatic N) is 1. The van der Waals surface area contributed by atoms with Crippen LogP contribution in [-0.4, -0.2) is 35.0 Å². The van der Waals surface area contributed by atoms with E-state index in [0.717, 1.165) is 17.0 Å². The molecule has 0 fully saturated rings. The maximum absolute atomic E-state index is 13.4. The van der Waals surface area contributed by atoms with Gasteiger partial charge in [-0.2, -0.15) is 0 Å². The van der Waals surface area contributed by atoms with E-state index in [1.54, 1.807) is 0 Å². The first-order valence-corrected chi connectivity index (χ1v) is 5.97. The molecule has 2 amide bonds. The van der Waals surface area contributed by atoms with Crippen LogP contribution in [0.5, 0.6) is 0 Å². The molecule has 0 spiro atoms. The molecular weight excluding hydrogens is 289 g/mol. The van der Waals surface area contributed by atoms with Crippen LogP contribution >= 0.6 is 0 Å². The van der Waals surface area contributed by atoms with E-state index < -0.39 is 36.2 Å². The molecule has 112 valence electrons. The minimum absolute atomic E-state index is 0.204. The first-order valence-electron chi connectivity index (χ1n) is 5.97. The number of rotatable bonds is 5. The van der Waals surface area contributed by atoms with Crippen LogP contribution in [0, 0.1) is 5.82 Å². The predicted molar refractivity (Wildman–Crippen MR) is 66.9 cm³/mol. The topological polar surface area (TPSA) is 69.6 Å². The van der Waals surface area contributed by atoms with Gasteiger partial charge in [0.1, 0.15) is 11.5 Å². The molecule has 0 radical (unpaired) electrons. The molecule has 0 saturated heterocycles. The van der Waals surface area contributed by atoms with E-state index in [1.807, 2.05) is 0 Å². The molecule has 2 rings (SSSR count). The molecule has 1 heterocycles. The number of alkyl halides is 2. The van der Waals surface area contributed by atoms with Crippen molar-refractivity contribution >= 4 is 17.5 Å². The van der Waals surface area contributed by atoms with Gasteiger partial charge < -0.3 is 10.4 Å². The summed E-state index contributed by atoms with van der Waals surface area (Å²) in [5.74, 6) is -2.55. The van der Waals surface area contributed by atoms with Crippen LogP contribution in [0.25, 0.3) is 0 Å². The highest BCUT2D eigenvalue weighted by Gasteiger charge is 2.31. The molecule has 1 aromatic rings. The van der Waals surface area contributed by atoms with Gasteiger partial charge in [-0.15, -0.1) is 0 Å². The highest BCUT2D eigenvalue weighted by Crippen LogP contribution is 2.31. The zero-order valence-electron chi connectivity index (χ0n) is 10.6. The summed E-state index contributed by atoms with van der Waals surface area (Å²) in [5.41, 5.74) is -1.41. The summed E-state index contributed by atoms with van der Waals surface area (Å²) in [6.45, 7) is -0.620. The summed E-state index contributed by atoms with van der Waals surface area (Å²) < 4.78 is 39.1. The van der Waals surface area contributed by atoms with Crippen molar-refractivity contribution in [3.8, 4) is 0 Å². The zero-order chi connectivity index (χ0) is 15.6. The number of nitrogens with one attached hydrogen (secondary N) is 1. The van der Waals surface area contributed by atoms with Crippen LogP contribution in [0.15, 0.2) is 30.0 Å². The Balaban J connectivity index is 2.28. The number of β-amino-alcohol motifs (C(OH)–C–C–N with tert-alkyl or cyclic N) is 1. The lowest BCUT2D eigenvalue weighted by molar-refractivity contribution is -0.137. The zero-order valence-corrected chi connectivity index (χ0v) is 10.6. The van der Waals surface area contributed by atoms with Crippen molar-refractivity contribution in [1.82, 2.24) is 4.90 Å². The third-order valence-corrected chi connectivity index (χ3v) is 2.87. The third-order valence-electron chi connectivity index (χ3n) is 2.87. The van der Waals surface area contributed by atoms with Gasteiger partial charge in [0.25, 0.3) is 18.2 Å². The van der Waals surface area contributed by atoms with Crippen LogP contribution < -0.4 is 5.32 Å². The molecule has 1 aromatic carbocycles. The second-order valence-corrected chi connectivity index (χ2v) is 4.20. The summed E-state index contributed by atoms with van der Waals surface area (Å²) in [4.78, 5) is 24.1. The summed E-state index contributed by atoms with van der Waals surface area (Å²) in [7, 11) is 0. The van der Waals surface area contributed by atoms with Crippen LogP contribution in [0.4, 0.5) is 18.9 Å². The van der Waals surface area contributed by atoms with Crippen molar-refractivity contribution in [3.05, 3.63) is 41.4 Å². The Kier molecular flexibility index (Phi) is 4.27. The fourth-order valence-corrected chi connectivity index (χ4v) is 1.92. The lowest BCUT2D eigenvalue weighted by Crippen LogP contribution is -2.34. The fraction of sp³-hybridized carbons (Fsp3) is 0.231. The van der Waals surface area contributed by atoms with Crippen LogP contribution in [0.1, 0.15) is 12.0 Å². The largest absolute Gasteiger partial charge is 0.395 e. The Morgan fingerprint density at radius 3 is 2.62 bits per heavy atom. The summed E-state index contributed by atoms with van der Waals surface area (Å²) in [6, 6.07) is 3.26. The van der Waals surface area contributed by atoms with E-state index in [1.165, 1.54) is 12.1 Å². The first-order chi connectivity index (χ1) is 9.95. The van der Waals surface area contributed by atoms with Gasteiger partial charge in [0.05, 0.1) is 24.4 Å². The normalized spacial score (nSPS) is 14.9. The number of aliphatic hydroxyl groups is 1. The van der Waals surface area contributed by atoms with Crippen molar-refractivity contribution in [2.45, 2.75) is 6.43 Å². The fourth-order valence-electron chi connectivity index (χ4n) is 1.92. The molecule has 0 unspecified atom stereocenters. The number of carbonyl (C=O) groups is 2. The lowest BCUT2D eigenvalue weighted by Gasteiger charge is -2.15. The maximum Gasteiger partial charge on any atom is 0.277 e.